The normalized spacial score (nSPS) is 17.3. The Bertz CT molecular complexity index is 2280. The first-order chi connectivity index (χ1) is 27.9. The molecule has 302 valence electrons. The molecule has 5 heterocycles. The number of anilines is 2. The second-order valence-electron chi connectivity index (χ2n) is 15.0. The summed E-state index contributed by atoms with van der Waals surface area (Å²) >= 11 is 6.75. The zero-order valence-corrected chi connectivity index (χ0v) is 33.8. The summed E-state index contributed by atoms with van der Waals surface area (Å²) in [6, 6.07) is 14.3. The van der Waals surface area contributed by atoms with E-state index in [2.05, 4.69) is 35.5 Å². The van der Waals surface area contributed by atoms with Crippen LogP contribution < -0.4 is 15.5 Å². The monoisotopic (exact) mass is 806 g/mol. The molecule has 2 saturated heterocycles. The van der Waals surface area contributed by atoms with Gasteiger partial charge in [-0.3, -0.25) is 14.4 Å². The molecule has 3 aromatic heterocycles. The van der Waals surface area contributed by atoms with Crippen molar-refractivity contribution in [1.82, 2.24) is 40.0 Å². The van der Waals surface area contributed by atoms with E-state index in [0.29, 0.717) is 54.0 Å². The Morgan fingerprint density at radius 2 is 1.76 bits per heavy atom. The number of ether oxygens (including phenoxy) is 1. The van der Waals surface area contributed by atoms with Crippen LogP contribution in [0.15, 0.2) is 73.4 Å². The van der Waals surface area contributed by atoms with Gasteiger partial charge in [-0.2, -0.15) is 0 Å². The number of nitrogens with one attached hydrogen (secondary N) is 4. The predicted octanol–water partition coefficient (Wildman–Crippen LogP) is 6.47. The summed E-state index contributed by atoms with van der Waals surface area (Å²) < 4.78 is 4.75. The van der Waals surface area contributed by atoms with Gasteiger partial charge in [0.2, 0.25) is 5.91 Å². The number of carbonyl (C=O) groups excluding carboxylic acids is 4. The minimum absolute atomic E-state index is 0.0213. The summed E-state index contributed by atoms with van der Waals surface area (Å²) in [5.41, 5.74) is 5.72. The number of aromatic amines is 2. The van der Waals surface area contributed by atoms with Crippen molar-refractivity contribution in [3.05, 3.63) is 101 Å². The predicted molar refractivity (Wildman–Crippen MR) is 221 cm³/mol. The molecule has 0 spiro atoms. The van der Waals surface area contributed by atoms with E-state index < -0.39 is 12.1 Å². The molecule has 4 amide bonds. The quantitative estimate of drug-likeness (QED) is 0.123. The molecular weight excluding hydrogens is 760 g/mol. The smallest absolute Gasteiger partial charge is 0.407 e. The van der Waals surface area contributed by atoms with Crippen LogP contribution >= 0.6 is 11.6 Å². The van der Waals surface area contributed by atoms with E-state index in [4.69, 9.17) is 21.3 Å². The van der Waals surface area contributed by atoms with Crippen molar-refractivity contribution in [2.45, 2.75) is 58.7 Å². The summed E-state index contributed by atoms with van der Waals surface area (Å²) in [5, 5.41) is 6.02. The fourth-order valence-electron chi connectivity index (χ4n) is 7.66. The lowest BCUT2D eigenvalue weighted by Crippen LogP contribution is -2.54. The number of halogens is 1. The van der Waals surface area contributed by atoms with E-state index in [9.17, 15) is 19.2 Å². The number of methoxy groups -OCH3 is 1. The van der Waals surface area contributed by atoms with Crippen LogP contribution in [0.5, 0.6) is 0 Å². The minimum Gasteiger partial charge on any atom is -0.453 e. The van der Waals surface area contributed by atoms with Crippen molar-refractivity contribution in [1.29, 1.82) is 0 Å². The number of nitrogens with zero attached hydrogens (tertiary/aromatic N) is 6. The Labute approximate surface area is 341 Å². The largest absolute Gasteiger partial charge is 0.453 e. The van der Waals surface area contributed by atoms with Gasteiger partial charge in [0.25, 0.3) is 11.8 Å². The van der Waals surface area contributed by atoms with Gasteiger partial charge < -0.3 is 40.0 Å². The number of benzene rings is 2. The lowest BCUT2D eigenvalue weighted by atomic mass is 9.98. The van der Waals surface area contributed by atoms with Gasteiger partial charge in [-0.15, -0.1) is 0 Å². The number of aromatic nitrogens is 5. The third kappa shape index (κ3) is 8.40. The number of H-pyrrole nitrogens is 2. The van der Waals surface area contributed by atoms with Crippen LogP contribution in [-0.2, 0) is 9.53 Å². The molecule has 0 unspecified atom stereocenters. The average Bonchev–Trinajstić information content (AvgIpc) is 4.04. The molecule has 16 heteroatoms. The van der Waals surface area contributed by atoms with Crippen molar-refractivity contribution in [3.8, 4) is 22.4 Å². The first kappa shape index (κ1) is 40.0. The van der Waals surface area contributed by atoms with Gasteiger partial charge in [-0.25, -0.2) is 19.7 Å². The fraction of sp³-hybridized carbons (Fsp3) is 0.357. The Balaban J connectivity index is 0.975. The van der Waals surface area contributed by atoms with E-state index >= 15 is 0 Å². The molecule has 58 heavy (non-hydrogen) atoms. The number of imidazole rings is 2. The zero-order chi connectivity index (χ0) is 41.1. The molecule has 0 aliphatic carbocycles. The summed E-state index contributed by atoms with van der Waals surface area (Å²) in [6.07, 6.45) is 7.44. The number of carbonyl (C=O) groups is 4. The molecule has 0 radical (unpaired) electrons. The third-order valence-electron chi connectivity index (χ3n) is 10.8. The summed E-state index contributed by atoms with van der Waals surface area (Å²) in [6.45, 7) is 10.0. The van der Waals surface area contributed by atoms with Gasteiger partial charge >= 0.3 is 6.09 Å². The Kier molecular flexibility index (Phi) is 11.8. The van der Waals surface area contributed by atoms with Gasteiger partial charge in [-0.05, 0) is 73.6 Å². The number of piperazine rings is 1. The summed E-state index contributed by atoms with van der Waals surface area (Å²) in [5.74, 6) is 0.709. The molecule has 2 fully saturated rings. The van der Waals surface area contributed by atoms with E-state index in [0.717, 1.165) is 46.6 Å². The maximum atomic E-state index is 13.5. The second-order valence-corrected chi connectivity index (χ2v) is 15.5. The third-order valence-corrected chi connectivity index (χ3v) is 11.1. The molecule has 2 aromatic carbocycles. The van der Waals surface area contributed by atoms with Gasteiger partial charge in [0.1, 0.15) is 23.4 Å². The highest BCUT2D eigenvalue weighted by molar-refractivity contribution is 6.34. The number of amides is 4. The lowest BCUT2D eigenvalue weighted by molar-refractivity contribution is -0.135. The second kappa shape index (κ2) is 17.1. The number of hydrogen-bond acceptors (Lipinski definition) is 9. The molecule has 7 rings (SSSR count). The molecule has 0 bridgehead atoms. The highest BCUT2D eigenvalue weighted by Gasteiger charge is 2.37. The van der Waals surface area contributed by atoms with Crippen molar-refractivity contribution in [2.75, 3.05) is 43.5 Å². The minimum atomic E-state index is -0.704. The first-order valence-corrected chi connectivity index (χ1v) is 19.7. The van der Waals surface area contributed by atoms with Gasteiger partial charge in [0, 0.05) is 56.4 Å². The maximum Gasteiger partial charge on any atom is 0.407 e. The number of alkyl carbamates (subject to hydrolysis) is 1. The summed E-state index contributed by atoms with van der Waals surface area (Å²) in [4.78, 5) is 76.9. The van der Waals surface area contributed by atoms with Gasteiger partial charge in [-0.1, -0.05) is 49.7 Å². The van der Waals surface area contributed by atoms with Gasteiger partial charge in [0.05, 0.1) is 41.4 Å². The van der Waals surface area contributed by atoms with Crippen molar-refractivity contribution >= 4 is 46.9 Å². The van der Waals surface area contributed by atoms with Crippen molar-refractivity contribution < 1.29 is 23.9 Å². The number of aryl methyl sites for hydroxylation is 1. The van der Waals surface area contributed by atoms with Gasteiger partial charge in [0.15, 0.2) is 0 Å². The molecule has 2 aliphatic heterocycles. The number of pyridine rings is 1. The molecule has 0 saturated carbocycles. The van der Waals surface area contributed by atoms with Crippen LogP contribution in [0.1, 0.15) is 71.9 Å². The zero-order valence-electron chi connectivity index (χ0n) is 33.1. The van der Waals surface area contributed by atoms with E-state index in [1.807, 2.05) is 76.4 Å². The SMILES string of the molecule is COC(=O)N[C@H](C(=O)N1CCC[C@H]1c1nc(-c2ccc(-c3cc(Cl)c(NC(=O)c4ccc(N5CCN(C(=O)c6c[nH]cn6)C[C@H]5C)nc4)cc3C)cc2)c[nH]1)C(C)C. The van der Waals surface area contributed by atoms with Crippen LogP contribution in [-0.4, -0.2) is 104 Å². The maximum absolute atomic E-state index is 13.5. The van der Waals surface area contributed by atoms with Crippen LogP contribution in [0.3, 0.4) is 0 Å². The number of rotatable bonds is 10. The number of likely N-dealkylation sites (tertiary alicyclic amines) is 1. The molecule has 2 aliphatic rings. The van der Waals surface area contributed by atoms with Crippen molar-refractivity contribution in [2.24, 2.45) is 5.92 Å². The molecule has 15 nitrogen and oxygen atoms in total. The first-order valence-electron chi connectivity index (χ1n) is 19.3. The number of hydrogen-bond donors (Lipinski definition) is 4. The highest BCUT2D eigenvalue weighted by Crippen LogP contribution is 2.35. The summed E-state index contributed by atoms with van der Waals surface area (Å²) in [7, 11) is 1.28. The van der Waals surface area contributed by atoms with E-state index in [1.165, 1.54) is 13.4 Å². The van der Waals surface area contributed by atoms with Crippen molar-refractivity contribution in [3.63, 3.8) is 0 Å². The van der Waals surface area contributed by atoms with Crippen LogP contribution in [0.25, 0.3) is 22.4 Å². The Morgan fingerprint density at radius 1 is 0.983 bits per heavy atom. The topological polar surface area (TPSA) is 182 Å². The van der Waals surface area contributed by atoms with E-state index in [1.54, 1.807) is 28.3 Å². The fourth-order valence-corrected chi connectivity index (χ4v) is 7.87. The van der Waals surface area contributed by atoms with Crippen LogP contribution in [0, 0.1) is 12.8 Å². The van der Waals surface area contributed by atoms with E-state index in [-0.39, 0.29) is 35.7 Å². The standard InChI is InChI=1S/C42H47ClN10O5/c1-24(2)37(50-42(57)58-5)41(56)53-14-6-7-35(53)38-46-21-33(48-38)28-10-8-27(9-11-28)30-18-31(43)32(17-25(30)3)49-39(54)29-12-13-36(45-19-29)52-16-15-51(22-26(52)4)40(55)34-20-44-23-47-34/h8-13,17-21,23-24,26,35,37H,6-7,14-16,22H2,1-5H3,(H,44,47)(H,46,48)(H,49,54)(H,50,57)/t26-,35+,37+/m1/s1. The van der Waals surface area contributed by atoms with Crippen LogP contribution in [0.4, 0.5) is 16.3 Å². The Hall–Kier alpha value is -6.22. The molecule has 3 atom stereocenters. The Morgan fingerprint density at radius 3 is 2.43 bits per heavy atom. The molecule has 5 aromatic rings. The average molecular weight is 807 g/mol. The van der Waals surface area contributed by atoms with Crippen LogP contribution in [0.2, 0.25) is 5.02 Å². The highest BCUT2D eigenvalue weighted by atomic mass is 35.5. The molecular formula is C42H47ClN10O5. The lowest BCUT2D eigenvalue weighted by Gasteiger charge is -2.40. The molecule has 4 N–H and O–H groups in total.